The van der Waals surface area contributed by atoms with E-state index in [2.05, 4.69) is 10.1 Å². The van der Waals surface area contributed by atoms with Gasteiger partial charge in [0.2, 0.25) is 27.6 Å². The van der Waals surface area contributed by atoms with Gasteiger partial charge in [0.1, 0.15) is 0 Å². The Labute approximate surface area is 199 Å². The third-order valence-corrected chi connectivity index (χ3v) is 8.47. The van der Waals surface area contributed by atoms with E-state index in [9.17, 15) is 13.2 Å². The van der Waals surface area contributed by atoms with Gasteiger partial charge in [-0.2, -0.15) is 9.29 Å². The molecule has 1 amide bonds. The number of piperidine rings is 1. The zero-order valence-electron chi connectivity index (χ0n) is 19.1. The summed E-state index contributed by atoms with van der Waals surface area (Å²) in [5.74, 6) is 1.40. The van der Waals surface area contributed by atoms with Gasteiger partial charge in [0.05, 0.1) is 4.90 Å². The summed E-state index contributed by atoms with van der Waals surface area (Å²) in [6.45, 7) is 1.21. The molecule has 0 radical (unpaired) electrons. The molecule has 1 aromatic heterocycles. The molecule has 0 N–H and O–H groups in total. The number of amides is 1. The van der Waals surface area contributed by atoms with Gasteiger partial charge in [0.15, 0.2) is 0 Å². The maximum atomic E-state index is 13.2. The molecule has 1 aliphatic carbocycles. The van der Waals surface area contributed by atoms with Gasteiger partial charge in [0, 0.05) is 44.1 Å². The first-order valence-corrected chi connectivity index (χ1v) is 13.1. The van der Waals surface area contributed by atoms with E-state index in [0.29, 0.717) is 50.1 Å². The number of sulfonamides is 1. The van der Waals surface area contributed by atoms with E-state index >= 15 is 0 Å². The predicted octanol–water partition coefficient (Wildman–Crippen LogP) is 3.67. The molecule has 9 heteroatoms. The first-order chi connectivity index (χ1) is 16.4. The maximum Gasteiger partial charge on any atom is 0.243 e. The highest BCUT2D eigenvalue weighted by atomic mass is 32.2. The number of benzene rings is 2. The van der Waals surface area contributed by atoms with Crippen molar-refractivity contribution in [3.8, 4) is 11.4 Å². The number of hydrogen-bond acceptors (Lipinski definition) is 6. The van der Waals surface area contributed by atoms with Crippen molar-refractivity contribution in [3.63, 3.8) is 0 Å². The fourth-order valence-corrected chi connectivity index (χ4v) is 5.83. The normalized spacial score (nSPS) is 17.6. The Balaban J connectivity index is 1.19. The molecule has 3 aromatic rings. The van der Waals surface area contributed by atoms with Gasteiger partial charge < -0.3 is 9.42 Å². The number of rotatable bonds is 7. The Morgan fingerprint density at radius 2 is 1.71 bits per heavy atom. The standard InChI is InChI=1S/C25H28N4O4S/c1-28(17-18-5-3-2-4-6-18)25(30)21-13-15-29(16-14-21)34(31,32)22-11-9-19(10-12-22)23-26-24(33-27-23)20-7-8-20/h2-6,9-12,20-21H,7-8,13-17H2,1H3. The summed E-state index contributed by atoms with van der Waals surface area (Å²) in [6, 6.07) is 16.4. The molecule has 0 atom stereocenters. The summed E-state index contributed by atoms with van der Waals surface area (Å²) in [5, 5.41) is 4.01. The molecule has 8 nitrogen and oxygen atoms in total. The maximum absolute atomic E-state index is 13.2. The summed E-state index contributed by atoms with van der Waals surface area (Å²) in [4.78, 5) is 19.3. The van der Waals surface area contributed by atoms with Crippen molar-refractivity contribution >= 4 is 15.9 Å². The number of carbonyl (C=O) groups is 1. The zero-order chi connectivity index (χ0) is 23.7. The van der Waals surface area contributed by atoms with Crippen molar-refractivity contribution in [1.82, 2.24) is 19.3 Å². The van der Waals surface area contributed by atoms with Crippen LogP contribution in [-0.4, -0.2) is 53.8 Å². The predicted molar refractivity (Wildman–Crippen MR) is 126 cm³/mol. The third-order valence-electron chi connectivity index (χ3n) is 6.56. The van der Waals surface area contributed by atoms with Crippen LogP contribution in [0.25, 0.3) is 11.4 Å². The molecule has 1 saturated carbocycles. The van der Waals surface area contributed by atoms with Gasteiger partial charge in [-0.25, -0.2) is 8.42 Å². The fourth-order valence-electron chi connectivity index (χ4n) is 4.36. The Bertz CT molecular complexity index is 1250. The van der Waals surface area contributed by atoms with Crippen molar-refractivity contribution in [2.45, 2.75) is 43.0 Å². The van der Waals surface area contributed by atoms with Gasteiger partial charge in [-0.3, -0.25) is 4.79 Å². The van der Waals surface area contributed by atoms with Gasteiger partial charge in [-0.05, 0) is 55.5 Å². The summed E-state index contributed by atoms with van der Waals surface area (Å²) >= 11 is 0. The molecule has 2 aliphatic rings. The number of nitrogens with zero attached hydrogens (tertiary/aromatic N) is 4. The first kappa shape index (κ1) is 22.7. The second kappa shape index (κ2) is 9.31. The molecule has 0 unspecified atom stereocenters. The van der Waals surface area contributed by atoms with Crippen LogP contribution in [0.4, 0.5) is 0 Å². The minimum absolute atomic E-state index is 0.0657. The second-order valence-corrected chi connectivity index (χ2v) is 11.1. The summed E-state index contributed by atoms with van der Waals surface area (Å²) in [6.07, 6.45) is 3.18. The van der Waals surface area contributed by atoms with E-state index in [1.165, 1.54) is 4.31 Å². The number of aromatic nitrogens is 2. The molecule has 34 heavy (non-hydrogen) atoms. The van der Waals surface area contributed by atoms with Crippen LogP contribution in [0.2, 0.25) is 0 Å². The third kappa shape index (κ3) is 4.76. The first-order valence-electron chi connectivity index (χ1n) is 11.6. The monoisotopic (exact) mass is 480 g/mol. The summed E-state index contributed by atoms with van der Waals surface area (Å²) < 4.78 is 33.1. The van der Waals surface area contributed by atoms with Crippen molar-refractivity contribution in [1.29, 1.82) is 0 Å². The lowest BCUT2D eigenvalue weighted by Gasteiger charge is -2.32. The second-order valence-electron chi connectivity index (χ2n) is 9.11. The van der Waals surface area contributed by atoms with E-state index in [1.807, 2.05) is 30.3 Å². The van der Waals surface area contributed by atoms with Crippen molar-refractivity contribution in [2.75, 3.05) is 20.1 Å². The Morgan fingerprint density at radius 3 is 2.35 bits per heavy atom. The highest BCUT2D eigenvalue weighted by Gasteiger charge is 2.33. The summed E-state index contributed by atoms with van der Waals surface area (Å²) in [5.41, 5.74) is 1.80. The van der Waals surface area contributed by atoms with E-state index < -0.39 is 10.0 Å². The quantitative estimate of drug-likeness (QED) is 0.512. The van der Waals surface area contributed by atoms with E-state index in [0.717, 1.165) is 24.0 Å². The topological polar surface area (TPSA) is 96.6 Å². The van der Waals surface area contributed by atoms with Gasteiger partial charge in [0.25, 0.3) is 0 Å². The van der Waals surface area contributed by atoms with Crippen LogP contribution < -0.4 is 0 Å². The Morgan fingerprint density at radius 1 is 1.03 bits per heavy atom. The average Bonchev–Trinajstić information content (AvgIpc) is 3.60. The molecular weight excluding hydrogens is 452 g/mol. The average molecular weight is 481 g/mol. The largest absolute Gasteiger partial charge is 0.341 e. The van der Waals surface area contributed by atoms with Crippen LogP contribution in [0.1, 0.15) is 43.1 Å². The molecule has 2 fully saturated rings. The van der Waals surface area contributed by atoms with E-state index in [1.54, 1.807) is 36.2 Å². The van der Waals surface area contributed by atoms with Gasteiger partial charge in [-0.15, -0.1) is 0 Å². The van der Waals surface area contributed by atoms with Crippen LogP contribution in [0, 0.1) is 5.92 Å². The molecule has 2 aromatic carbocycles. The van der Waals surface area contributed by atoms with Crippen LogP contribution in [0.15, 0.2) is 64.0 Å². The lowest BCUT2D eigenvalue weighted by atomic mass is 9.96. The molecule has 178 valence electrons. The zero-order valence-corrected chi connectivity index (χ0v) is 19.9. The fraction of sp³-hybridized carbons (Fsp3) is 0.400. The lowest BCUT2D eigenvalue weighted by Crippen LogP contribution is -2.43. The van der Waals surface area contributed by atoms with E-state index in [4.69, 9.17) is 4.52 Å². The smallest absolute Gasteiger partial charge is 0.243 e. The van der Waals surface area contributed by atoms with Crippen LogP contribution in [-0.2, 0) is 21.4 Å². The van der Waals surface area contributed by atoms with E-state index in [-0.39, 0.29) is 16.7 Å². The van der Waals surface area contributed by atoms with Gasteiger partial charge >= 0.3 is 0 Å². The van der Waals surface area contributed by atoms with Crippen LogP contribution in [0.5, 0.6) is 0 Å². The number of carbonyl (C=O) groups excluding carboxylic acids is 1. The van der Waals surface area contributed by atoms with Crippen molar-refractivity contribution in [3.05, 3.63) is 66.1 Å². The highest BCUT2D eigenvalue weighted by molar-refractivity contribution is 7.89. The molecule has 1 saturated heterocycles. The minimum atomic E-state index is -3.63. The molecular formula is C25H28N4O4S. The Hall–Kier alpha value is -3.04. The lowest BCUT2D eigenvalue weighted by molar-refractivity contribution is -0.135. The molecule has 0 bridgehead atoms. The van der Waals surface area contributed by atoms with Gasteiger partial charge in [-0.1, -0.05) is 35.5 Å². The molecule has 1 aliphatic heterocycles. The Kier molecular flexibility index (Phi) is 6.22. The van der Waals surface area contributed by atoms with Crippen molar-refractivity contribution in [2.24, 2.45) is 5.92 Å². The summed E-state index contributed by atoms with van der Waals surface area (Å²) in [7, 11) is -1.83. The molecule has 5 rings (SSSR count). The number of hydrogen-bond donors (Lipinski definition) is 0. The van der Waals surface area contributed by atoms with Crippen molar-refractivity contribution < 1.29 is 17.7 Å². The molecule has 0 spiro atoms. The van der Waals surface area contributed by atoms with Crippen LogP contribution >= 0.6 is 0 Å². The SMILES string of the molecule is CN(Cc1ccccc1)C(=O)C1CCN(S(=O)(=O)c2ccc(-c3noc(C4CC4)n3)cc2)CC1. The minimum Gasteiger partial charge on any atom is -0.341 e. The molecule has 2 heterocycles. The highest BCUT2D eigenvalue weighted by Crippen LogP contribution is 2.39. The van der Waals surface area contributed by atoms with Crippen LogP contribution in [0.3, 0.4) is 0 Å².